The molecule has 60 valence electrons. The quantitative estimate of drug-likeness (QED) is 0.362. The van der Waals surface area contributed by atoms with Crippen LogP contribution in [0.4, 0.5) is 0 Å². The molecule has 1 N–H and O–H groups in total. The Morgan fingerprint density at radius 1 is 1.73 bits per heavy atom. The molecular weight excluding hydrogens is 142 g/mol. The van der Waals surface area contributed by atoms with E-state index in [4.69, 9.17) is 5.26 Å². The van der Waals surface area contributed by atoms with Crippen molar-refractivity contribution in [2.24, 2.45) is 4.99 Å². The van der Waals surface area contributed by atoms with Gasteiger partial charge in [-0.1, -0.05) is 20.4 Å². The molecule has 0 aromatic heterocycles. The summed E-state index contributed by atoms with van der Waals surface area (Å²) in [7, 11) is 0. The van der Waals surface area contributed by atoms with Crippen LogP contribution in [-0.2, 0) is 4.79 Å². The summed E-state index contributed by atoms with van der Waals surface area (Å²) >= 11 is 0. The van der Waals surface area contributed by atoms with E-state index in [1.54, 1.807) is 6.07 Å². The minimum absolute atomic E-state index is 0.0556. The number of amides is 1. The van der Waals surface area contributed by atoms with Crippen molar-refractivity contribution in [3.05, 3.63) is 12.8 Å². The SMILES string of the molecule is C=CN=C(C#N)NC=O.CC. The molecule has 0 aliphatic heterocycles. The molecule has 4 heteroatoms. The van der Waals surface area contributed by atoms with E-state index >= 15 is 0 Å². The van der Waals surface area contributed by atoms with Crippen LogP contribution in [0.25, 0.3) is 0 Å². The molecule has 0 bridgehead atoms. The third-order valence-electron chi connectivity index (χ3n) is 0.522. The van der Waals surface area contributed by atoms with Crippen molar-refractivity contribution in [1.29, 1.82) is 5.26 Å². The van der Waals surface area contributed by atoms with Crippen molar-refractivity contribution in [3.63, 3.8) is 0 Å². The van der Waals surface area contributed by atoms with E-state index in [-0.39, 0.29) is 5.84 Å². The Hall–Kier alpha value is -1.63. The second-order valence-corrected chi connectivity index (χ2v) is 1.03. The average Bonchev–Trinajstić information content (AvgIpc) is 2.08. The third kappa shape index (κ3) is 8.37. The Labute approximate surface area is 66.2 Å². The zero-order chi connectivity index (χ0) is 9.11. The molecule has 0 aliphatic carbocycles. The minimum atomic E-state index is -0.0556. The van der Waals surface area contributed by atoms with Gasteiger partial charge in [0.05, 0.1) is 0 Å². The summed E-state index contributed by atoms with van der Waals surface area (Å²) in [5.74, 6) is -0.0556. The van der Waals surface area contributed by atoms with Crippen LogP contribution in [0.2, 0.25) is 0 Å². The van der Waals surface area contributed by atoms with E-state index in [2.05, 4.69) is 16.9 Å². The number of carbonyl (C=O) groups is 1. The maximum absolute atomic E-state index is 9.67. The summed E-state index contributed by atoms with van der Waals surface area (Å²) in [6, 6.07) is 1.64. The minimum Gasteiger partial charge on any atom is -0.304 e. The molecule has 0 rings (SSSR count). The summed E-state index contributed by atoms with van der Waals surface area (Å²) in [6.45, 7) is 7.24. The average molecular weight is 153 g/mol. The van der Waals surface area contributed by atoms with Gasteiger partial charge in [0.1, 0.15) is 6.07 Å². The fraction of sp³-hybridized carbons (Fsp3) is 0.286. The predicted molar refractivity (Wildman–Crippen MR) is 43.8 cm³/mol. The van der Waals surface area contributed by atoms with Gasteiger partial charge in [-0.3, -0.25) is 4.79 Å². The molecule has 4 nitrogen and oxygen atoms in total. The summed E-state index contributed by atoms with van der Waals surface area (Å²) in [4.78, 5) is 13.1. The zero-order valence-electron chi connectivity index (χ0n) is 6.66. The highest BCUT2D eigenvalue weighted by molar-refractivity contribution is 6.02. The number of nitriles is 1. The molecule has 0 unspecified atom stereocenters. The molecule has 0 saturated carbocycles. The Bertz CT molecular complexity index is 179. The molecule has 1 amide bonds. The van der Waals surface area contributed by atoms with Crippen molar-refractivity contribution >= 4 is 12.2 Å². The second-order valence-electron chi connectivity index (χ2n) is 1.03. The Morgan fingerprint density at radius 3 is 2.55 bits per heavy atom. The number of rotatable bonds is 2. The molecule has 0 radical (unpaired) electrons. The van der Waals surface area contributed by atoms with Crippen LogP contribution < -0.4 is 5.32 Å². The predicted octanol–water partition coefficient (Wildman–Crippen LogP) is 0.824. The monoisotopic (exact) mass is 153 g/mol. The first-order valence-electron chi connectivity index (χ1n) is 3.14. The highest BCUT2D eigenvalue weighted by Crippen LogP contribution is 1.69. The van der Waals surface area contributed by atoms with Crippen LogP contribution in [0.5, 0.6) is 0 Å². The van der Waals surface area contributed by atoms with Gasteiger partial charge in [0, 0.05) is 6.20 Å². The van der Waals surface area contributed by atoms with Gasteiger partial charge in [-0.15, -0.1) is 0 Å². The summed E-state index contributed by atoms with van der Waals surface area (Å²) in [6.07, 6.45) is 1.56. The lowest BCUT2D eigenvalue weighted by molar-refractivity contribution is -0.108. The van der Waals surface area contributed by atoms with Crippen molar-refractivity contribution in [2.45, 2.75) is 13.8 Å². The molecule has 0 fully saturated rings. The summed E-state index contributed by atoms with van der Waals surface area (Å²) in [5.41, 5.74) is 0. The summed E-state index contributed by atoms with van der Waals surface area (Å²) < 4.78 is 0. The van der Waals surface area contributed by atoms with Gasteiger partial charge in [0.25, 0.3) is 0 Å². The molecule has 0 aromatic rings. The van der Waals surface area contributed by atoms with Crippen molar-refractivity contribution in [3.8, 4) is 6.07 Å². The van der Waals surface area contributed by atoms with Gasteiger partial charge in [0.15, 0.2) is 0 Å². The van der Waals surface area contributed by atoms with E-state index in [0.717, 1.165) is 0 Å². The number of hydrogen-bond donors (Lipinski definition) is 1. The smallest absolute Gasteiger partial charge is 0.213 e. The second kappa shape index (κ2) is 11.2. The number of amidine groups is 1. The first-order chi connectivity index (χ1) is 5.35. The Kier molecular flexibility index (Phi) is 12.3. The lowest BCUT2D eigenvalue weighted by Crippen LogP contribution is -2.18. The lowest BCUT2D eigenvalue weighted by atomic mass is 10.6. The standard InChI is InChI=1S/C5H5N3O.C2H6/c1-2-7-5(3-6)8-4-9;1-2/h2,4H,1H2,(H,7,8,9);1-2H3. The highest BCUT2D eigenvalue weighted by atomic mass is 16.1. The first kappa shape index (κ1) is 12.1. The lowest BCUT2D eigenvalue weighted by Gasteiger charge is -1.86. The van der Waals surface area contributed by atoms with Gasteiger partial charge in [0.2, 0.25) is 12.2 Å². The molecule has 0 aliphatic rings. The highest BCUT2D eigenvalue weighted by Gasteiger charge is 1.87. The number of aliphatic imine (C=N–C) groups is 1. The number of carbonyl (C=O) groups excluding carboxylic acids is 1. The van der Waals surface area contributed by atoms with E-state index < -0.39 is 0 Å². The molecule has 0 spiro atoms. The van der Waals surface area contributed by atoms with E-state index in [9.17, 15) is 4.79 Å². The van der Waals surface area contributed by atoms with Gasteiger partial charge < -0.3 is 5.32 Å². The fourth-order valence-electron chi connectivity index (χ4n) is 0.246. The third-order valence-corrected chi connectivity index (χ3v) is 0.522. The maximum atomic E-state index is 9.67. The van der Waals surface area contributed by atoms with Gasteiger partial charge in [-0.25, -0.2) is 4.99 Å². The topological polar surface area (TPSA) is 65.2 Å². The zero-order valence-corrected chi connectivity index (χ0v) is 6.66. The Balaban J connectivity index is 0. The maximum Gasteiger partial charge on any atom is 0.213 e. The van der Waals surface area contributed by atoms with Crippen molar-refractivity contribution in [2.75, 3.05) is 0 Å². The van der Waals surface area contributed by atoms with Crippen LogP contribution in [0.15, 0.2) is 17.8 Å². The van der Waals surface area contributed by atoms with E-state index in [1.165, 1.54) is 6.20 Å². The molecule has 0 heterocycles. The van der Waals surface area contributed by atoms with E-state index in [0.29, 0.717) is 6.41 Å². The number of nitrogens with zero attached hydrogens (tertiary/aromatic N) is 2. The molecule has 0 saturated heterocycles. The van der Waals surface area contributed by atoms with E-state index in [1.807, 2.05) is 13.8 Å². The molecular formula is C7H11N3O. The molecule has 0 atom stereocenters. The van der Waals surface area contributed by atoms with Crippen LogP contribution in [0.3, 0.4) is 0 Å². The van der Waals surface area contributed by atoms with Crippen molar-refractivity contribution < 1.29 is 4.79 Å². The number of hydrogen-bond acceptors (Lipinski definition) is 3. The van der Waals surface area contributed by atoms with Gasteiger partial charge in [-0.05, 0) is 0 Å². The van der Waals surface area contributed by atoms with Crippen molar-refractivity contribution in [1.82, 2.24) is 5.32 Å². The molecule has 11 heavy (non-hydrogen) atoms. The normalized spacial score (nSPS) is 8.27. The van der Waals surface area contributed by atoms with Crippen LogP contribution in [-0.4, -0.2) is 12.2 Å². The summed E-state index contributed by atoms with van der Waals surface area (Å²) in [5, 5.41) is 10.2. The van der Waals surface area contributed by atoms with Crippen LogP contribution in [0, 0.1) is 11.3 Å². The molecule has 0 aromatic carbocycles. The first-order valence-corrected chi connectivity index (χ1v) is 3.14. The van der Waals surface area contributed by atoms with Gasteiger partial charge >= 0.3 is 0 Å². The Morgan fingerprint density at radius 2 is 2.27 bits per heavy atom. The van der Waals surface area contributed by atoms with Gasteiger partial charge in [-0.2, -0.15) is 5.26 Å². The number of nitrogens with one attached hydrogen (secondary N) is 1. The largest absolute Gasteiger partial charge is 0.304 e. The van der Waals surface area contributed by atoms with Crippen LogP contribution in [0.1, 0.15) is 13.8 Å². The van der Waals surface area contributed by atoms with Crippen LogP contribution >= 0.6 is 0 Å². The fourth-order valence-corrected chi connectivity index (χ4v) is 0.246.